The zero-order valence-corrected chi connectivity index (χ0v) is 11.4. The number of hydrogen-bond acceptors (Lipinski definition) is 4. The van der Waals surface area contributed by atoms with Crippen LogP contribution < -0.4 is 15.2 Å². The van der Waals surface area contributed by atoms with Crippen LogP contribution in [0.25, 0.3) is 0 Å². The average molecular weight is 302 g/mol. The van der Waals surface area contributed by atoms with Crippen LogP contribution in [-0.4, -0.2) is 17.9 Å². The summed E-state index contributed by atoms with van der Waals surface area (Å²) in [5, 5.41) is 10.2. The molecule has 0 spiro atoms. The molecule has 3 N–H and O–H groups in total. The van der Waals surface area contributed by atoms with Crippen LogP contribution in [0, 0.1) is 5.92 Å². The van der Waals surface area contributed by atoms with Crippen LogP contribution in [0.1, 0.15) is 25.5 Å². The van der Waals surface area contributed by atoms with Gasteiger partial charge in [-0.1, -0.05) is 13.8 Å². The average Bonchev–Trinajstić information content (AvgIpc) is 2.75. The summed E-state index contributed by atoms with van der Waals surface area (Å²) in [6.07, 6.45) is -0.708. The van der Waals surface area contributed by atoms with Crippen molar-refractivity contribution in [1.29, 1.82) is 0 Å². The minimum atomic E-state index is -0.708. The van der Waals surface area contributed by atoms with Crippen molar-refractivity contribution < 1.29 is 14.6 Å². The molecule has 1 aliphatic heterocycles. The molecule has 0 saturated carbocycles. The van der Waals surface area contributed by atoms with E-state index in [1.54, 1.807) is 6.07 Å². The van der Waals surface area contributed by atoms with Gasteiger partial charge in [0, 0.05) is 6.04 Å². The van der Waals surface area contributed by atoms with Gasteiger partial charge in [-0.25, -0.2) is 0 Å². The first-order valence-electron chi connectivity index (χ1n) is 5.53. The van der Waals surface area contributed by atoms with Crippen LogP contribution in [0.15, 0.2) is 16.6 Å². The number of rotatable bonds is 3. The summed E-state index contributed by atoms with van der Waals surface area (Å²) < 4.78 is 11.4. The van der Waals surface area contributed by atoms with Crippen LogP contribution in [0.4, 0.5) is 0 Å². The summed E-state index contributed by atoms with van der Waals surface area (Å²) in [4.78, 5) is 0. The van der Waals surface area contributed by atoms with Gasteiger partial charge in [0.25, 0.3) is 0 Å². The van der Waals surface area contributed by atoms with Crippen molar-refractivity contribution in [1.82, 2.24) is 0 Å². The normalized spacial score (nSPS) is 17.3. The second-order valence-corrected chi connectivity index (χ2v) is 5.36. The number of fused-ring (bicyclic) bond motifs is 1. The van der Waals surface area contributed by atoms with Crippen molar-refractivity contribution in [3.63, 3.8) is 0 Å². The molecule has 2 unspecified atom stereocenters. The number of nitrogens with two attached hydrogens (primary N) is 1. The largest absolute Gasteiger partial charge is 0.454 e. The number of aliphatic hydroxyl groups is 1. The van der Waals surface area contributed by atoms with Gasteiger partial charge >= 0.3 is 0 Å². The van der Waals surface area contributed by atoms with Crippen molar-refractivity contribution in [3.05, 3.63) is 22.2 Å². The number of ether oxygens (including phenoxy) is 2. The van der Waals surface area contributed by atoms with Crippen LogP contribution >= 0.6 is 15.9 Å². The minimum Gasteiger partial charge on any atom is -0.454 e. The highest BCUT2D eigenvalue weighted by atomic mass is 79.9. The predicted octanol–water partition coefficient (Wildman–Crippen LogP) is 2.19. The Balaban J connectivity index is 2.31. The molecule has 94 valence electrons. The molecule has 1 aliphatic rings. The van der Waals surface area contributed by atoms with E-state index < -0.39 is 6.10 Å². The van der Waals surface area contributed by atoms with E-state index in [1.807, 2.05) is 19.9 Å². The predicted molar refractivity (Wildman–Crippen MR) is 68.0 cm³/mol. The van der Waals surface area contributed by atoms with E-state index in [4.69, 9.17) is 15.2 Å². The first kappa shape index (κ1) is 12.7. The molecule has 0 saturated heterocycles. The number of benzene rings is 1. The van der Waals surface area contributed by atoms with Crippen molar-refractivity contribution in [2.75, 3.05) is 6.79 Å². The molecule has 2 atom stereocenters. The first-order chi connectivity index (χ1) is 8.00. The van der Waals surface area contributed by atoms with Crippen molar-refractivity contribution >= 4 is 15.9 Å². The Morgan fingerprint density at radius 1 is 1.35 bits per heavy atom. The van der Waals surface area contributed by atoms with Crippen molar-refractivity contribution in [2.45, 2.75) is 26.0 Å². The van der Waals surface area contributed by atoms with Gasteiger partial charge in [0.2, 0.25) is 6.79 Å². The molecule has 0 aliphatic carbocycles. The minimum absolute atomic E-state index is 0.203. The van der Waals surface area contributed by atoms with E-state index >= 15 is 0 Å². The lowest BCUT2D eigenvalue weighted by Crippen LogP contribution is -2.33. The third kappa shape index (κ3) is 2.41. The molecule has 1 heterocycles. The van der Waals surface area contributed by atoms with Gasteiger partial charge in [0.15, 0.2) is 11.5 Å². The molecular formula is C12H16BrNO3. The number of aliphatic hydroxyl groups excluding tert-OH is 1. The highest BCUT2D eigenvalue weighted by Gasteiger charge is 2.24. The van der Waals surface area contributed by atoms with Gasteiger partial charge in [0.05, 0.1) is 10.6 Å². The molecule has 17 heavy (non-hydrogen) atoms. The van der Waals surface area contributed by atoms with Gasteiger partial charge in [-0.05, 0) is 39.5 Å². The summed E-state index contributed by atoms with van der Waals surface area (Å²) in [6.45, 7) is 4.18. The SMILES string of the molecule is CC(C)C(N)C(O)c1cc(Br)c2c(c1)OCO2. The van der Waals surface area contributed by atoms with Gasteiger partial charge in [0.1, 0.15) is 0 Å². The highest BCUT2D eigenvalue weighted by Crippen LogP contribution is 2.41. The zero-order valence-electron chi connectivity index (χ0n) is 9.81. The summed E-state index contributed by atoms with van der Waals surface area (Å²) in [5.41, 5.74) is 6.69. The Bertz CT molecular complexity index is 422. The van der Waals surface area contributed by atoms with Crippen LogP contribution in [0.5, 0.6) is 11.5 Å². The topological polar surface area (TPSA) is 64.7 Å². The van der Waals surface area contributed by atoms with E-state index in [2.05, 4.69) is 15.9 Å². The lowest BCUT2D eigenvalue weighted by molar-refractivity contribution is 0.125. The van der Waals surface area contributed by atoms with E-state index in [1.165, 1.54) is 0 Å². The van der Waals surface area contributed by atoms with Crippen molar-refractivity contribution in [2.24, 2.45) is 11.7 Å². The van der Waals surface area contributed by atoms with Gasteiger partial charge < -0.3 is 20.3 Å². The highest BCUT2D eigenvalue weighted by molar-refractivity contribution is 9.10. The third-order valence-corrected chi connectivity index (χ3v) is 3.51. The standard InChI is InChI=1S/C12H16BrNO3/c1-6(2)10(14)11(15)7-3-8(13)12-9(4-7)16-5-17-12/h3-4,6,10-11,15H,5,14H2,1-2H3. The maximum atomic E-state index is 10.2. The quantitative estimate of drug-likeness (QED) is 0.898. The monoisotopic (exact) mass is 301 g/mol. The summed E-state index contributed by atoms with van der Waals surface area (Å²) >= 11 is 3.40. The Hall–Kier alpha value is -0.780. The molecule has 0 fully saturated rings. The van der Waals surface area contributed by atoms with Gasteiger partial charge in [-0.3, -0.25) is 0 Å². The lowest BCUT2D eigenvalue weighted by atomic mass is 9.94. The molecule has 0 aromatic heterocycles. The molecular weight excluding hydrogens is 286 g/mol. The van der Waals surface area contributed by atoms with Crippen LogP contribution in [0.2, 0.25) is 0 Å². The van der Waals surface area contributed by atoms with E-state index in [0.29, 0.717) is 11.5 Å². The Morgan fingerprint density at radius 2 is 2.06 bits per heavy atom. The Morgan fingerprint density at radius 3 is 2.71 bits per heavy atom. The zero-order chi connectivity index (χ0) is 12.6. The lowest BCUT2D eigenvalue weighted by Gasteiger charge is -2.22. The Kier molecular flexibility index (Phi) is 3.61. The van der Waals surface area contributed by atoms with Gasteiger partial charge in [-0.15, -0.1) is 0 Å². The number of halogens is 1. The molecule has 0 amide bonds. The fourth-order valence-corrected chi connectivity index (χ4v) is 2.32. The molecule has 0 radical (unpaired) electrons. The van der Waals surface area contributed by atoms with E-state index in [-0.39, 0.29) is 18.8 Å². The summed E-state index contributed by atoms with van der Waals surface area (Å²) in [6, 6.07) is 3.29. The van der Waals surface area contributed by atoms with Gasteiger partial charge in [-0.2, -0.15) is 0 Å². The first-order valence-corrected chi connectivity index (χ1v) is 6.32. The molecule has 2 rings (SSSR count). The maximum Gasteiger partial charge on any atom is 0.231 e. The maximum absolute atomic E-state index is 10.2. The second-order valence-electron chi connectivity index (χ2n) is 4.50. The van der Waals surface area contributed by atoms with Crippen LogP contribution in [-0.2, 0) is 0 Å². The third-order valence-electron chi connectivity index (χ3n) is 2.93. The van der Waals surface area contributed by atoms with Crippen LogP contribution in [0.3, 0.4) is 0 Å². The second kappa shape index (κ2) is 4.84. The molecule has 0 bridgehead atoms. The fourth-order valence-electron chi connectivity index (χ4n) is 1.74. The summed E-state index contributed by atoms with van der Waals surface area (Å²) in [5.74, 6) is 1.53. The molecule has 1 aromatic rings. The molecule has 5 heteroatoms. The smallest absolute Gasteiger partial charge is 0.231 e. The summed E-state index contributed by atoms with van der Waals surface area (Å²) in [7, 11) is 0. The van der Waals surface area contributed by atoms with E-state index in [9.17, 15) is 5.11 Å². The Labute approximate surface area is 109 Å². The fraction of sp³-hybridized carbons (Fsp3) is 0.500. The number of hydrogen-bond donors (Lipinski definition) is 2. The van der Waals surface area contributed by atoms with E-state index in [0.717, 1.165) is 10.0 Å². The van der Waals surface area contributed by atoms with Crippen molar-refractivity contribution in [3.8, 4) is 11.5 Å². The molecule has 4 nitrogen and oxygen atoms in total. The molecule has 1 aromatic carbocycles.